The van der Waals surface area contributed by atoms with E-state index >= 15 is 0 Å². The molecule has 182 valence electrons. The van der Waals surface area contributed by atoms with E-state index in [9.17, 15) is 22.8 Å². The summed E-state index contributed by atoms with van der Waals surface area (Å²) in [6, 6.07) is 11.9. The van der Waals surface area contributed by atoms with E-state index in [1.807, 2.05) is 13.8 Å². The summed E-state index contributed by atoms with van der Waals surface area (Å²) < 4.78 is 32.6. The molecular formula is C25H30N2O6S. The number of anilines is 1. The highest BCUT2D eigenvalue weighted by atomic mass is 32.2. The minimum absolute atomic E-state index is 0.122. The number of esters is 1. The number of benzene rings is 2. The Labute approximate surface area is 200 Å². The molecule has 0 bridgehead atoms. The van der Waals surface area contributed by atoms with Gasteiger partial charge in [-0.2, -0.15) is 4.31 Å². The molecule has 1 saturated heterocycles. The number of hydrogen-bond donors (Lipinski definition) is 1. The van der Waals surface area contributed by atoms with E-state index in [0.717, 1.165) is 6.42 Å². The lowest BCUT2D eigenvalue weighted by Crippen LogP contribution is -2.42. The summed E-state index contributed by atoms with van der Waals surface area (Å²) in [5.41, 5.74) is 1.07. The lowest BCUT2D eigenvalue weighted by Gasteiger charge is -2.34. The van der Waals surface area contributed by atoms with Crippen molar-refractivity contribution in [3.05, 3.63) is 59.7 Å². The molecule has 2 aromatic carbocycles. The predicted molar refractivity (Wildman–Crippen MR) is 128 cm³/mol. The molecule has 0 aliphatic carbocycles. The Kier molecular flexibility index (Phi) is 8.22. The van der Waals surface area contributed by atoms with Gasteiger partial charge in [-0.3, -0.25) is 9.59 Å². The van der Waals surface area contributed by atoms with E-state index in [4.69, 9.17) is 4.74 Å². The maximum Gasteiger partial charge on any atom is 0.338 e. The van der Waals surface area contributed by atoms with Gasteiger partial charge in [0.05, 0.1) is 10.5 Å². The van der Waals surface area contributed by atoms with Crippen LogP contribution in [-0.2, 0) is 19.6 Å². The van der Waals surface area contributed by atoms with E-state index in [0.29, 0.717) is 30.8 Å². The van der Waals surface area contributed by atoms with Crippen LogP contribution >= 0.6 is 0 Å². The number of sulfonamides is 1. The first-order valence-corrected chi connectivity index (χ1v) is 12.7. The summed E-state index contributed by atoms with van der Waals surface area (Å²) >= 11 is 0. The average molecular weight is 487 g/mol. The Morgan fingerprint density at radius 1 is 0.941 bits per heavy atom. The summed E-state index contributed by atoms with van der Waals surface area (Å²) in [6.45, 7) is 6.32. The molecule has 1 aliphatic rings. The maximum absolute atomic E-state index is 13.0. The molecule has 8 nitrogen and oxygen atoms in total. The van der Waals surface area contributed by atoms with Crippen molar-refractivity contribution in [2.45, 2.75) is 38.5 Å². The van der Waals surface area contributed by atoms with Gasteiger partial charge in [-0.1, -0.05) is 20.8 Å². The van der Waals surface area contributed by atoms with Crippen molar-refractivity contribution >= 4 is 33.4 Å². The third kappa shape index (κ3) is 6.30. The van der Waals surface area contributed by atoms with E-state index in [1.165, 1.54) is 28.6 Å². The fraction of sp³-hybridized carbons (Fsp3) is 0.400. The normalized spacial score (nSPS) is 18.8. The SMILES string of the molecule is CCC(=O)Nc1ccc(C(=O)COC(=O)c2ccc(S(=O)(=O)N3CC(C)CC(C)C3)cc2)cc1. The quantitative estimate of drug-likeness (QED) is 0.450. The van der Waals surface area contributed by atoms with Gasteiger partial charge in [0.2, 0.25) is 15.9 Å². The molecule has 2 aromatic rings. The Bertz CT molecular complexity index is 1130. The number of carbonyl (C=O) groups is 3. The van der Waals surface area contributed by atoms with E-state index in [-0.39, 0.29) is 28.2 Å². The van der Waals surface area contributed by atoms with Crippen LogP contribution < -0.4 is 5.32 Å². The van der Waals surface area contributed by atoms with Gasteiger partial charge >= 0.3 is 5.97 Å². The van der Waals surface area contributed by atoms with Gasteiger partial charge in [-0.05, 0) is 66.8 Å². The summed E-state index contributed by atoms with van der Waals surface area (Å²) in [6.07, 6.45) is 1.34. The zero-order chi connectivity index (χ0) is 24.9. The molecule has 34 heavy (non-hydrogen) atoms. The Morgan fingerprint density at radius 3 is 2.06 bits per heavy atom. The standard InChI is InChI=1S/C25H30N2O6S/c1-4-24(29)26-21-9-5-19(6-10-21)23(28)16-33-25(30)20-7-11-22(12-8-20)34(31,32)27-14-17(2)13-18(3)15-27/h5-12,17-18H,4,13-16H2,1-3H3,(H,26,29). The van der Waals surface area contributed by atoms with Crippen molar-refractivity contribution < 1.29 is 27.5 Å². The lowest BCUT2D eigenvalue weighted by molar-refractivity contribution is -0.115. The largest absolute Gasteiger partial charge is 0.454 e. The number of hydrogen-bond acceptors (Lipinski definition) is 6. The third-order valence-electron chi connectivity index (χ3n) is 5.71. The molecule has 3 rings (SSSR count). The number of rotatable bonds is 8. The Hall–Kier alpha value is -3.04. The molecular weight excluding hydrogens is 456 g/mol. The van der Waals surface area contributed by atoms with Crippen LogP contribution in [0.1, 0.15) is 54.3 Å². The average Bonchev–Trinajstić information content (AvgIpc) is 2.82. The van der Waals surface area contributed by atoms with E-state index in [1.54, 1.807) is 31.2 Å². The van der Waals surface area contributed by atoms with Crippen molar-refractivity contribution in [3.63, 3.8) is 0 Å². The molecule has 9 heteroatoms. The molecule has 1 amide bonds. The van der Waals surface area contributed by atoms with Crippen LogP contribution in [-0.4, -0.2) is 50.1 Å². The second-order valence-corrected chi connectivity index (χ2v) is 10.7. The third-order valence-corrected chi connectivity index (χ3v) is 7.56. The van der Waals surface area contributed by atoms with Crippen molar-refractivity contribution in [1.29, 1.82) is 0 Å². The number of Topliss-reactive ketones (excluding diaryl/α,β-unsaturated/α-hetero) is 1. The smallest absolute Gasteiger partial charge is 0.338 e. The van der Waals surface area contributed by atoms with Crippen molar-refractivity contribution in [2.75, 3.05) is 25.0 Å². The van der Waals surface area contributed by atoms with Gasteiger partial charge < -0.3 is 10.1 Å². The molecule has 0 radical (unpaired) electrons. The highest BCUT2D eigenvalue weighted by Gasteiger charge is 2.31. The van der Waals surface area contributed by atoms with Gasteiger partial charge in [0.15, 0.2) is 12.4 Å². The fourth-order valence-corrected chi connectivity index (χ4v) is 5.68. The summed E-state index contributed by atoms with van der Waals surface area (Å²) in [5.74, 6) is -0.668. The summed E-state index contributed by atoms with van der Waals surface area (Å²) in [7, 11) is -3.64. The molecule has 0 saturated carbocycles. The molecule has 1 fully saturated rings. The van der Waals surface area contributed by atoms with Gasteiger partial charge in [0.1, 0.15) is 0 Å². The number of carbonyl (C=O) groups excluding carboxylic acids is 3. The van der Waals surface area contributed by atoms with Crippen molar-refractivity contribution in [3.8, 4) is 0 Å². The van der Waals surface area contributed by atoms with Gasteiger partial charge in [0, 0.05) is 30.8 Å². The van der Waals surface area contributed by atoms with Crippen LogP contribution in [0.5, 0.6) is 0 Å². The second kappa shape index (κ2) is 10.9. The number of ketones is 1. The molecule has 0 spiro atoms. The maximum atomic E-state index is 13.0. The molecule has 2 atom stereocenters. The first-order valence-electron chi connectivity index (χ1n) is 11.3. The van der Waals surface area contributed by atoms with Crippen LogP contribution in [0.3, 0.4) is 0 Å². The number of nitrogens with one attached hydrogen (secondary N) is 1. The highest BCUT2D eigenvalue weighted by molar-refractivity contribution is 7.89. The number of ether oxygens (including phenoxy) is 1. The van der Waals surface area contributed by atoms with Crippen LogP contribution in [0.15, 0.2) is 53.4 Å². The molecule has 1 N–H and O–H groups in total. The molecule has 0 aromatic heterocycles. The van der Waals surface area contributed by atoms with Gasteiger partial charge in [0.25, 0.3) is 0 Å². The zero-order valence-electron chi connectivity index (χ0n) is 19.6. The minimum atomic E-state index is -3.64. The molecule has 1 aliphatic heterocycles. The number of nitrogens with zero attached hydrogens (tertiary/aromatic N) is 1. The summed E-state index contributed by atoms with van der Waals surface area (Å²) in [5, 5.41) is 2.69. The van der Waals surface area contributed by atoms with Crippen LogP contribution in [0.2, 0.25) is 0 Å². The fourth-order valence-electron chi connectivity index (χ4n) is 4.00. The Morgan fingerprint density at radius 2 is 1.50 bits per heavy atom. The Balaban J connectivity index is 1.58. The van der Waals surface area contributed by atoms with Crippen LogP contribution in [0.25, 0.3) is 0 Å². The molecule has 2 unspecified atom stereocenters. The van der Waals surface area contributed by atoms with E-state index < -0.39 is 28.4 Å². The second-order valence-electron chi connectivity index (χ2n) is 8.77. The van der Waals surface area contributed by atoms with Crippen molar-refractivity contribution in [1.82, 2.24) is 4.31 Å². The minimum Gasteiger partial charge on any atom is -0.454 e. The van der Waals surface area contributed by atoms with Crippen LogP contribution in [0, 0.1) is 11.8 Å². The van der Waals surface area contributed by atoms with Gasteiger partial charge in [-0.15, -0.1) is 0 Å². The van der Waals surface area contributed by atoms with Crippen molar-refractivity contribution in [2.24, 2.45) is 11.8 Å². The lowest BCUT2D eigenvalue weighted by atomic mass is 9.94. The number of amides is 1. The zero-order valence-corrected chi connectivity index (χ0v) is 20.4. The first-order chi connectivity index (χ1) is 16.1. The van der Waals surface area contributed by atoms with E-state index in [2.05, 4.69) is 5.32 Å². The topological polar surface area (TPSA) is 110 Å². The predicted octanol–water partition coefficient (Wildman–Crippen LogP) is 3.74. The highest BCUT2D eigenvalue weighted by Crippen LogP contribution is 2.26. The van der Waals surface area contributed by atoms with Crippen LogP contribution in [0.4, 0.5) is 5.69 Å². The molecule has 1 heterocycles. The first kappa shape index (κ1) is 25.6. The number of piperidine rings is 1. The monoisotopic (exact) mass is 486 g/mol. The summed E-state index contributed by atoms with van der Waals surface area (Å²) in [4.78, 5) is 36.2. The van der Waals surface area contributed by atoms with Gasteiger partial charge in [-0.25, -0.2) is 13.2 Å².